The highest BCUT2D eigenvalue weighted by Gasteiger charge is 2.17. The van der Waals surface area contributed by atoms with Gasteiger partial charge in [0.25, 0.3) is 5.91 Å². The fourth-order valence-corrected chi connectivity index (χ4v) is 2.84. The van der Waals surface area contributed by atoms with E-state index in [-0.39, 0.29) is 12.0 Å². The largest absolute Gasteiger partial charge is 0.491 e. The maximum atomic E-state index is 12.4. The van der Waals surface area contributed by atoms with E-state index in [4.69, 9.17) is 9.47 Å². The molecular weight excluding hydrogens is 338 g/mol. The van der Waals surface area contributed by atoms with Gasteiger partial charge in [0.1, 0.15) is 11.5 Å². The predicted octanol–water partition coefficient (Wildman–Crippen LogP) is 4.69. The molecule has 0 radical (unpaired) electrons. The Kier molecular flexibility index (Phi) is 8.18. The Morgan fingerprint density at radius 2 is 1.74 bits per heavy atom. The second-order valence-electron chi connectivity index (χ2n) is 7.04. The smallest absolute Gasteiger partial charge is 0.261 e. The zero-order chi connectivity index (χ0) is 19.6. The Bertz CT molecular complexity index is 727. The average molecular weight is 370 g/mol. The van der Waals surface area contributed by atoms with Crippen molar-refractivity contribution in [1.29, 1.82) is 0 Å². The van der Waals surface area contributed by atoms with E-state index in [0.717, 1.165) is 29.9 Å². The summed E-state index contributed by atoms with van der Waals surface area (Å²) in [5, 5.41) is 2.99. The van der Waals surface area contributed by atoms with Crippen LogP contribution in [0.25, 0.3) is 0 Å². The summed E-state index contributed by atoms with van der Waals surface area (Å²) in [6.45, 7) is 8.63. The average Bonchev–Trinajstić information content (AvgIpc) is 2.63. The summed E-state index contributed by atoms with van der Waals surface area (Å²) in [5.41, 5.74) is 2.33. The summed E-state index contributed by atoms with van der Waals surface area (Å²) < 4.78 is 11.6. The van der Waals surface area contributed by atoms with Crippen molar-refractivity contribution in [3.8, 4) is 11.5 Å². The topological polar surface area (TPSA) is 47.6 Å². The van der Waals surface area contributed by atoms with Crippen molar-refractivity contribution in [3.05, 3.63) is 59.7 Å². The number of aryl methyl sites for hydroxylation is 2. The molecule has 0 saturated carbocycles. The third-order valence-corrected chi connectivity index (χ3v) is 4.14. The van der Waals surface area contributed by atoms with Gasteiger partial charge in [-0.25, -0.2) is 0 Å². The number of rotatable bonds is 10. The van der Waals surface area contributed by atoms with Crippen LogP contribution in [0.5, 0.6) is 11.5 Å². The van der Waals surface area contributed by atoms with Crippen LogP contribution < -0.4 is 14.8 Å². The monoisotopic (exact) mass is 369 g/mol. The van der Waals surface area contributed by atoms with Crippen molar-refractivity contribution in [3.63, 3.8) is 0 Å². The van der Waals surface area contributed by atoms with Gasteiger partial charge >= 0.3 is 0 Å². The first-order valence-electron chi connectivity index (χ1n) is 9.74. The maximum Gasteiger partial charge on any atom is 0.261 e. The molecule has 2 rings (SSSR count). The van der Waals surface area contributed by atoms with Crippen molar-refractivity contribution in [2.45, 2.75) is 59.2 Å². The van der Waals surface area contributed by atoms with E-state index >= 15 is 0 Å². The maximum absolute atomic E-state index is 12.4. The van der Waals surface area contributed by atoms with Crippen LogP contribution in [0.1, 0.15) is 44.7 Å². The van der Waals surface area contributed by atoms with Gasteiger partial charge in [-0.05, 0) is 75.4 Å². The number of hydrogen-bond acceptors (Lipinski definition) is 3. The third-order valence-electron chi connectivity index (χ3n) is 4.14. The second-order valence-corrected chi connectivity index (χ2v) is 7.04. The van der Waals surface area contributed by atoms with Gasteiger partial charge in [0.2, 0.25) is 0 Å². The lowest BCUT2D eigenvalue weighted by atomic mass is 10.1. The van der Waals surface area contributed by atoms with E-state index in [1.807, 2.05) is 64.1 Å². The summed E-state index contributed by atoms with van der Waals surface area (Å²) in [6, 6.07) is 15.9. The molecule has 0 spiro atoms. The lowest BCUT2D eigenvalue weighted by Crippen LogP contribution is -2.38. The van der Waals surface area contributed by atoms with E-state index in [1.165, 1.54) is 5.56 Å². The number of carbonyl (C=O) groups is 1. The van der Waals surface area contributed by atoms with Crippen LogP contribution in [-0.2, 0) is 11.2 Å². The molecule has 0 aliphatic carbocycles. The molecule has 2 aromatic carbocycles. The Morgan fingerprint density at radius 3 is 2.41 bits per heavy atom. The first-order chi connectivity index (χ1) is 13.0. The molecule has 0 aliphatic heterocycles. The molecule has 1 atom stereocenters. The van der Waals surface area contributed by atoms with Gasteiger partial charge in [-0.2, -0.15) is 0 Å². The fourth-order valence-electron chi connectivity index (χ4n) is 2.84. The molecule has 27 heavy (non-hydrogen) atoms. The molecule has 0 saturated heterocycles. The van der Waals surface area contributed by atoms with Crippen LogP contribution in [0.3, 0.4) is 0 Å². The molecule has 4 nitrogen and oxygen atoms in total. The number of carbonyl (C=O) groups excluding carboxylic acids is 1. The second kappa shape index (κ2) is 10.6. The van der Waals surface area contributed by atoms with Crippen molar-refractivity contribution in [2.24, 2.45) is 0 Å². The minimum Gasteiger partial charge on any atom is -0.491 e. The predicted molar refractivity (Wildman–Crippen MR) is 109 cm³/mol. The molecule has 0 aliphatic rings. The number of benzene rings is 2. The molecule has 1 N–H and O–H groups in total. The lowest BCUT2D eigenvalue weighted by molar-refractivity contribution is -0.128. The van der Waals surface area contributed by atoms with Crippen LogP contribution in [0.4, 0.5) is 0 Å². The summed E-state index contributed by atoms with van der Waals surface area (Å²) >= 11 is 0. The molecule has 0 heterocycles. The molecule has 1 unspecified atom stereocenters. The van der Waals surface area contributed by atoms with E-state index in [2.05, 4.69) is 17.4 Å². The van der Waals surface area contributed by atoms with E-state index in [0.29, 0.717) is 13.0 Å². The summed E-state index contributed by atoms with van der Waals surface area (Å²) in [7, 11) is 0. The Balaban J connectivity index is 1.77. The third kappa shape index (κ3) is 7.33. The highest BCUT2D eigenvalue weighted by Crippen LogP contribution is 2.17. The fraction of sp³-hybridized carbons (Fsp3) is 0.435. The first-order valence-corrected chi connectivity index (χ1v) is 9.74. The zero-order valence-electron chi connectivity index (χ0n) is 16.8. The van der Waals surface area contributed by atoms with Crippen LogP contribution >= 0.6 is 0 Å². The Morgan fingerprint density at radius 1 is 1.04 bits per heavy atom. The zero-order valence-corrected chi connectivity index (χ0v) is 16.8. The standard InChI is InChI=1S/C23H31NO3/c1-5-22(27-20-12-6-9-18(4)15-20)23(25)24-14-8-11-19-10-7-13-21(16-19)26-17(2)3/h6-7,9-10,12-13,15-17,22H,5,8,11,14H2,1-4H3,(H,24,25). The van der Waals surface area contributed by atoms with Crippen molar-refractivity contribution < 1.29 is 14.3 Å². The van der Waals surface area contributed by atoms with Crippen LogP contribution in [0.2, 0.25) is 0 Å². The summed E-state index contributed by atoms with van der Waals surface area (Å²) in [5.74, 6) is 1.57. The molecule has 146 valence electrons. The molecule has 4 heteroatoms. The number of hydrogen-bond donors (Lipinski definition) is 1. The van der Waals surface area contributed by atoms with Crippen molar-refractivity contribution >= 4 is 5.91 Å². The number of ether oxygens (including phenoxy) is 2. The van der Waals surface area contributed by atoms with Gasteiger partial charge in [-0.1, -0.05) is 31.2 Å². The molecule has 0 aromatic heterocycles. The first kappa shape index (κ1) is 20.8. The van der Waals surface area contributed by atoms with E-state index in [9.17, 15) is 4.79 Å². The molecule has 1 amide bonds. The molecular formula is C23H31NO3. The Hall–Kier alpha value is -2.49. The van der Waals surface area contributed by atoms with Gasteiger partial charge in [0, 0.05) is 6.54 Å². The van der Waals surface area contributed by atoms with Crippen LogP contribution in [-0.4, -0.2) is 24.7 Å². The van der Waals surface area contributed by atoms with Gasteiger partial charge in [0.15, 0.2) is 6.10 Å². The molecule has 0 fully saturated rings. The normalized spacial score (nSPS) is 11.9. The van der Waals surface area contributed by atoms with E-state index in [1.54, 1.807) is 0 Å². The van der Waals surface area contributed by atoms with Gasteiger partial charge in [0.05, 0.1) is 6.10 Å². The highest BCUT2D eigenvalue weighted by atomic mass is 16.5. The van der Waals surface area contributed by atoms with Gasteiger partial charge < -0.3 is 14.8 Å². The summed E-state index contributed by atoms with van der Waals surface area (Å²) in [4.78, 5) is 12.4. The van der Waals surface area contributed by atoms with Gasteiger partial charge in [-0.3, -0.25) is 4.79 Å². The van der Waals surface area contributed by atoms with Crippen molar-refractivity contribution in [2.75, 3.05) is 6.54 Å². The van der Waals surface area contributed by atoms with Crippen molar-refractivity contribution in [1.82, 2.24) is 5.32 Å². The van der Waals surface area contributed by atoms with E-state index < -0.39 is 6.10 Å². The quantitative estimate of drug-likeness (QED) is 0.618. The molecule has 2 aromatic rings. The van der Waals surface area contributed by atoms with Crippen LogP contribution in [0, 0.1) is 6.92 Å². The van der Waals surface area contributed by atoms with Gasteiger partial charge in [-0.15, -0.1) is 0 Å². The summed E-state index contributed by atoms with van der Waals surface area (Å²) in [6.07, 6.45) is 2.10. The van der Waals surface area contributed by atoms with Crippen LogP contribution in [0.15, 0.2) is 48.5 Å². The number of nitrogens with one attached hydrogen (secondary N) is 1. The minimum atomic E-state index is -0.463. The SMILES string of the molecule is CCC(Oc1cccc(C)c1)C(=O)NCCCc1cccc(OC(C)C)c1. The molecule has 0 bridgehead atoms. The minimum absolute atomic E-state index is 0.0594. The Labute approximate surface area is 162 Å². The lowest BCUT2D eigenvalue weighted by Gasteiger charge is -2.17. The number of amides is 1. The highest BCUT2D eigenvalue weighted by molar-refractivity contribution is 5.81.